The van der Waals surface area contributed by atoms with Gasteiger partial charge in [0, 0.05) is 5.56 Å². The van der Waals surface area contributed by atoms with E-state index < -0.39 is 5.91 Å². The van der Waals surface area contributed by atoms with Gasteiger partial charge in [-0.2, -0.15) is 5.10 Å². The summed E-state index contributed by atoms with van der Waals surface area (Å²) in [6.45, 7) is 2.02. The van der Waals surface area contributed by atoms with Gasteiger partial charge in [-0.15, -0.1) is 0 Å². The van der Waals surface area contributed by atoms with Crippen molar-refractivity contribution in [3.05, 3.63) is 78.0 Å². The molecule has 0 atom stereocenters. The van der Waals surface area contributed by atoms with Crippen LogP contribution in [0.1, 0.15) is 16.1 Å². The second-order valence-corrected chi connectivity index (χ2v) is 6.57. The minimum atomic E-state index is -0.432. The van der Waals surface area contributed by atoms with Crippen molar-refractivity contribution in [3.8, 4) is 22.7 Å². The van der Waals surface area contributed by atoms with Crippen molar-refractivity contribution in [2.45, 2.75) is 6.92 Å². The average Bonchev–Trinajstić information content (AvgIpc) is 3.18. The minimum absolute atomic E-state index is 0.258. The molecule has 0 unspecified atom stereocenters. The van der Waals surface area contributed by atoms with Crippen molar-refractivity contribution >= 4 is 16.7 Å². The van der Waals surface area contributed by atoms with Gasteiger partial charge in [0.15, 0.2) is 5.69 Å². The van der Waals surface area contributed by atoms with E-state index in [0.29, 0.717) is 0 Å². The number of aryl methyl sites for hydroxylation is 1. The molecule has 1 aromatic heterocycles. The van der Waals surface area contributed by atoms with Gasteiger partial charge in [-0.1, -0.05) is 30.3 Å². The zero-order valence-corrected chi connectivity index (χ0v) is 15.6. The molecule has 28 heavy (non-hydrogen) atoms. The van der Waals surface area contributed by atoms with Gasteiger partial charge in [0.2, 0.25) is 0 Å². The van der Waals surface area contributed by atoms with Crippen LogP contribution in [0.2, 0.25) is 0 Å². The summed E-state index contributed by atoms with van der Waals surface area (Å²) < 4.78 is 7.06. The molecule has 0 fully saturated rings. The number of fused-ring (bicyclic) bond motifs is 1. The molecule has 0 aliphatic heterocycles. The summed E-state index contributed by atoms with van der Waals surface area (Å²) in [7, 11) is 1.65. The first-order chi connectivity index (χ1) is 13.6. The Morgan fingerprint density at radius 1 is 1.04 bits per heavy atom. The molecule has 0 saturated heterocycles. The molecule has 3 N–H and O–H groups in total. The van der Waals surface area contributed by atoms with Crippen LogP contribution >= 0.6 is 0 Å². The second-order valence-electron chi connectivity index (χ2n) is 6.57. The summed E-state index contributed by atoms with van der Waals surface area (Å²) in [6.07, 6.45) is 0. The molecule has 0 aliphatic rings. The fourth-order valence-electron chi connectivity index (χ4n) is 3.24. The number of benzene rings is 3. The number of nitrogens with zero attached hydrogens (tertiary/aromatic N) is 2. The highest BCUT2D eigenvalue weighted by Gasteiger charge is 2.16. The molecule has 0 radical (unpaired) electrons. The van der Waals surface area contributed by atoms with Crippen LogP contribution in [0.5, 0.6) is 5.75 Å². The van der Waals surface area contributed by atoms with Gasteiger partial charge in [-0.25, -0.2) is 10.5 Å². The zero-order chi connectivity index (χ0) is 19.7. The van der Waals surface area contributed by atoms with Gasteiger partial charge in [0.05, 0.1) is 18.5 Å². The van der Waals surface area contributed by atoms with E-state index in [2.05, 4.69) is 16.6 Å². The van der Waals surface area contributed by atoms with Crippen LogP contribution in [-0.4, -0.2) is 22.8 Å². The summed E-state index contributed by atoms with van der Waals surface area (Å²) in [6, 6.07) is 21.7. The van der Waals surface area contributed by atoms with Crippen molar-refractivity contribution in [2.75, 3.05) is 7.11 Å². The third-order valence-electron chi connectivity index (χ3n) is 4.66. The predicted molar refractivity (Wildman–Crippen MR) is 109 cm³/mol. The lowest BCUT2D eigenvalue weighted by atomic mass is 10.0. The Morgan fingerprint density at radius 3 is 2.57 bits per heavy atom. The van der Waals surface area contributed by atoms with Crippen LogP contribution in [0, 0.1) is 6.92 Å². The van der Waals surface area contributed by atoms with E-state index in [-0.39, 0.29) is 5.69 Å². The fourth-order valence-corrected chi connectivity index (χ4v) is 3.24. The molecule has 1 heterocycles. The van der Waals surface area contributed by atoms with Crippen LogP contribution in [0.3, 0.4) is 0 Å². The number of nitrogens with two attached hydrogens (primary N) is 1. The van der Waals surface area contributed by atoms with Crippen LogP contribution in [0.25, 0.3) is 27.7 Å². The number of hydrogen-bond donors (Lipinski definition) is 2. The molecule has 0 aliphatic carbocycles. The summed E-state index contributed by atoms with van der Waals surface area (Å²) in [5, 5.41) is 6.62. The first-order valence-electron chi connectivity index (χ1n) is 8.85. The van der Waals surface area contributed by atoms with Gasteiger partial charge in [0.25, 0.3) is 5.91 Å². The largest absolute Gasteiger partial charge is 0.497 e. The van der Waals surface area contributed by atoms with E-state index in [9.17, 15) is 4.79 Å². The highest BCUT2D eigenvalue weighted by Crippen LogP contribution is 2.29. The average molecular weight is 372 g/mol. The van der Waals surface area contributed by atoms with Crippen molar-refractivity contribution in [3.63, 3.8) is 0 Å². The van der Waals surface area contributed by atoms with Crippen molar-refractivity contribution in [1.29, 1.82) is 0 Å². The number of carbonyl (C=O) groups is 1. The standard InChI is InChI=1S/C22H20N4O2/c1-14-4-3-5-18(10-14)26-21(13-20(25-26)22(27)24-23)17-7-6-16-12-19(28-2)9-8-15(16)11-17/h3-13H,23H2,1-2H3,(H,24,27). The minimum Gasteiger partial charge on any atom is -0.497 e. The predicted octanol–water partition coefficient (Wildman–Crippen LogP) is 3.61. The summed E-state index contributed by atoms with van der Waals surface area (Å²) in [5.74, 6) is 5.69. The first kappa shape index (κ1) is 17.8. The van der Waals surface area contributed by atoms with E-state index in [0.717, 1.165) is 39.0 Å². The van der Waals surface area contributed by atoms with Gasteiger partial charge >= 0.3 is 0 Å². The van der Waals surface area contributed by atoms with Gasteiger partial charge < -0.3 is 4.74 Å². The number of carbonyl (C=O) groups excluding carboxylic acids is 1. The van der Waals surface area contributed by atoms with E-state index in [4.69, 9.17) is 10.6 Å². The molecule has 140 valence electrons. The molecule has 0 saturated carbocycles. The Hall–Kier alpha value is -3.64. The molecule has 4 aromatic rings. The normalized spacial score (nSPS) is 10.8. The van der Waals surface area contributed by atoms with Gasteiger partial charge in [0.1, 0.15) is 5.75 Å². The third-order valence-corrected chi connectivity index (χ3v) is 4.66. The smallest absolute Gasteiger partial charge is 0.285 e. The molecular formula is C22H20N4O2. The third kappa shape index (κ3) is 3.21. The molecule has 1 amide bonds. The van der Waals surface area contributed by atoms with E-state index >= 15 is 0 Å². The number of methoxy groups -OCH3 is 1. The van der Waals surface area contributed by atoms with Crippen molar-refractivity contribution in [1.82, 2.24) is 15.2 Å². The Balaban J connectivity index is 1.89. The zero-order valence-electron chi connectivity index (χ0n) is 15.6. The topological polar surface area (TPSA) is 82.2 Å². The number of amides is 1. The first-order valence-corrected chi connectivity index (χ1v) is 8.85. The quantitative estimate of drug-likeness (QED) is 0.326. The molecule has 4 rings (SSSR count). The summed E-state index contributed by atoms with van der Waals surface area (Å²) in [5.41, 5.74) is 6.14. The Kier molecular flexibility index (Phi) is 4.55. The molecule has 6 nitrogen and oxygen atoms in total. The van der Waals surface area contributed by atoms with Crippen LogP contribution in [-0.2, 0) is 0 Å². The van der Waals surface area contributed by atoms with Gasteiger partial charge in [-0.3, -0.25) is 10.2 Å². The summed E-state index contributed by atoms with van der Waals surface area (Å²) in [4.78, 5) is 12.1. The molecule has 0 spiro atoms. The van der Waals surface area contributed by atoms with E-state index in [1.54, 1.807) is 17.9 Å². The lowest BCUT2D eigenvalue weighted by molar-refractivity contribution is 0.0948. The number of rotatable bonds is 4. The SMILES string of the molecule is COc1ccc2cc(-c3cc(C(=O)NN)nn3-c3cccc(C)c3)ccc2c1. The van der Waals surface area contributed by atoms with Crippen molar-refractivity contribution < 1.29 is 9.53 Å². The number of hydrogen-bond acceptors (Lipinski definition) is 4. The molecule has 3 aromatic carbocycles. The van der Waals surface area contributed by atoms with Gasteiger partial charge in [-0.05, 0) is 59.7 Å². The molecule has 6 heteroatoms. The van der Waals surface area contributed by atoms with Crippen LogP contribution in [0.4, 0.5) is 0 Å². The van der Waals surface area contributed by atoms with Crippen LogP contribution in [0.15, 0.2) is 66.7 Å². The molecule has 0 bridgehead atoms. The Morgan fingerprint density at radius 2 is 1.82 bits per heavy atom. The maximum absolute atomic E-state index is 12.1. The number of hydrazine groups is 1. The highest BCUT2D eigenvalue weighted by atomic mass is 16.5. The van der Waals surface area contributed by atoms with E-state index in [1.165, 1.54) is 0 Å². The number of nitrogen functional groups attached to an aromatic ring is 1. The number of nitrogens with one attached hydrogen (secondary N) is 1. The lowest BCUT2D eigenvalue weighted by Crippen LogP contribution is -2.30. The lowest BCUT2D eigenvalue weighted by Gasteiger charge is -2.10. The monoisotopic (exact) mass is 372 g/mol. The Bertz CT molecular complexity index is 1180. The summed E-state index contributed by atoms with van der Waals surface area (Å²) >= 11 is 0. The van der Waals surface area contributed by atoms with Crippen LogP contribution < -0.4 is 16.0 Å². The number of aromatic nitrogens is 2. The van der Waals surface area contributed by atoms with E-state index in [1.807, 2.05) is 61.5 Å². The molecular weight excluding hydrogens is 352 g/mol. The maximum atomic E-state index is 12.1. The van der Waals surface area contributed by atoms with Crippen molar-refractivity contribution in [2.24, 2.45) is 5.84 Å². The maximum Gasteiger partial charge on any atom is 0.285 e. The fraction of sp³-hybridized carbons (Fsp3) is 0.0909. The Labute approximate surface area is 162 Å². The second kappa shape index (κ2) is 7.17. The highest BCUT2D eigenvalue weighted by molar-refractivity contribution is 5.94. The number of ether oxygens (including phenoxy) is 1.